The van der Waals surface area contributed by atoms with Gasteiger partial charge < -0.3 is 4.74 Å². The van der Waals surface area contributed by atoms with Crippen LogP contribution in [0.3, 0.4) is 0 Å². The molecular formula is C20H19Cl2NO5S. The van der Waals surface area contributed by atoms with Gasteiger partial charge in [0.2, 0.25) is 10.0 Å². The Morgan fingerprint density at radius 2 is 1.72 bits per heavy atom. The molecule has 0 saturated carbocycles. The van der Waals surface area contributed by atoms with Gasteiger partial charge in [-0.3, -0.25) is 4.79 Å². The zero-order valence-corrected chi connectivity index (χ0v) is 18.0. The summed E-state index contributed by atoms with van der Waals surface area (Å²) >= 11 is 11.7. The van der Waals surface area contributed by atoms with E-state index in [0.29, 0.717) is 23.7 Å². The molecule has 0 bridgehead atoms. The molecular weight excluding hydrogens is 437 g/mol. The number of rotatable bonds is 6. The Balaban J connectivity index is 1.75. The predicted molar refractivity (Wildman–Crippen MR) is 110 cm³/mol. The number of aryl methyl sites for hydroxylation is 1. The molecule has 154 valence electrons. The van der Waals surface area contributed by atoms with Gasteiger partial charge in [0, 0.05) is 18.7 Å². The molecule has 0 N–H and O–H groups in total. The van der Waals surface area contributed by atoms with E-state index in [0.717, 1.165) is 12.8 Å². The number of hydrogen-bond donors (Lipinski definition) is 0. The number of sulfonamides is 1. The first-order valence-corrected chi connectivity index (χ1v) is 11.2. The largest absolute Gasteiger partial charge is 0.454 e. The Labute approximate surface area is 179 Å². The maximum Gasteiger partial charge on any atom is 0.338 e. The Morgan fingerprint density at radius 1 is 1.03 bits per heavy atom. The Kier molecular flexibility index (Phi) is 6.63. The van der Waals surface area contributed by atoms with Gasteiger partial charge in [-0.25, -0.2) is 13.2 Å². The molecule has 1 saturated heterocycles. The molecule has 1 fully saturated rings. The minimum atomic E-state index is -3.66. The molecule has 0 aliphatic carbocycles. The van der Waals surface area contributed by atoms with E-state index in [4.69, 9.17) is 27.9 Å². The van der Waals surface area contributed by atoms with E-state index in [9.17, 15) is 18.0 Å². The lowest BCUT2D eigenvalue weighted by Gasteiger charge is -2.16. The van der Waals surface area contributed by atoms with E-state index in [1.165, 1.54) is 34.6 Å². The number of halogens is 2. The van der Waals surface area contributed by atoms with Crippen LogP contribution in [0.4, 0.5) is 0 Å². The van der Waals surface area contributed by atoms with Gasteiger partial charge in [-0.05, 0) is 55.7 Å². The van der Waals surface area contributed by atoms with Crippen molar-refractivity contribution in [1.82, 2.24) is 4.31 Å². The van der Waals surface area contributed by atoms with Crippen molar-refractivity contribution in [2.45, 2.75) is 24.7 Å². The van der Waals surface area contributed by atoms with E-state index < -0.39 is 28.4 Å². The molecule has 0 unspecified atom stereocenters. The summed E-state index contributed by atoms with van der Waals surface area (Å²) in [6.07, 6.45) is 1.63. The fourth-order valence-corrected chi connectivity index (χ4v) is 4.86. The number of carbonyl (C=O) groups is 2. The minimum Gasteiger partial charge on any atom is -0.454 e. The molecule has 1 aliphatic heterocycles. The predicted octanol–water partition coefficient (Wildman–Crippen LogP) is 4.13. The lowest BCUT2D eigenvalue weighted by Crippen LogP contribution is -2.28. The van der Waals surface area contributed by atoms with Crippen LogP contribution in [0.25, 0.3) is 0 Å². The normalized spacial score (nSPS) is 14.7. The average molecular weight is 456 g/mol. The van der Waals surface area contributed by atoms with Crippen LogP contribution in [0.15, 0.2) is 41.3 Å². The standard InChI is InChI=1S/C20H19Cl2NO5S/c1-13-4-6-15(29(26,27)23-8-2-3-9-23)11-16(13)20(25)28-12-19(24)14-5-7-17(21)18(22)10-14/h4-7,10-11H,2-3,8-9,12H2,1H3. The lowest BCUT2D eigenvalue weighted by molar-refractivity contribution is 0.0473. The summed E-state index contributed by atoms with van der Waals surface area (Å²) in [7, 11) is -3.66. The van der Waals surface area contributed by atoms with Crippen molar-refractivity contribution in [3.8, 4) is 0 Å². The van der Waals surface area contributed by atoms with Crippen LogP contribution in [0.5, 0.6) is 0 Å². The van der Waals surface area contributed by atoms with E-state index in [2.05, 4.69) is 0 Å². The zero-order valence-electron chi connectivity index (χ0n) is 15.7. The smallest absolute Gasteiger partial charge is 0.338 e. The summed E-state index contributed by atoms with van der Waals surface area (Å²) in [6.45, 7) is 2.10. The van der Waals surface area contributed by atoms with Crippen molar-refractivity contribution in [2.24, 2.45) is 0 Å². The van der Waals surface area contributed by atoms with Crippen LogP contribution in [0.1, 0.15) is 39.1 Å². The van der Waals surface area contributed by atoms with Crippen LogP contribution in [-0.2, 0) is 14.8 Å². The van der Waals surface area contributed by atoms with Crippen LogP contribution in [-0.4, -0.2) is 44.2 Å². The number of ketones is 1. The van der Waals surface area contributed by atoms with Crippen molar-refractivity contribution in [1.29, 1.82) is 0 Å². The SMILES string of the molecule is Cc1ccc(S(=O)(=O)N2CCCC2)cc1C(=O)OCC(=O)c1ccc(Cl)c(Cl)c1. The summed E-state index contributed by atoms with van der Waals surface area (Å²) in [5, 5.41) is 0.534. The van der Waals surface area contributed by atoms with Crippen LogP contribution in [0.2, 0.25) is 10.0 Å². The topological polar surface area (TPSA) is 80.8 Å². The first-order chi connectivity index (χ1) is 13.7. The van der Waals surface area contributed by atoms with E-state index >= 15 is 0 Å². The molecule has 29 heavy (non-hydrogen) atoms. The summed E-state index contributed by atoms with van der Waals surface area (Å²) in [5.41, 5.74) is 0.916. The fraction of sp³-hybridized carbons (Fsp3) is 0.300. The van der Waals surface area contributed by atoms with Gasteiger partial charge in [-0.15, -0.1) is 0 Å². The third-order valence-electron chi connectivity index (χ3n) is 4.71. The molecule has 3 rings (SSSR count). The second-order valence-electron chi connectivity index (χ2n) is 6.72. The fourth-order valence-electron chi connectivity index (χ4n) is 3.02. The second-order valence-corrected chi connectivity index (χ2v) is 9.47. The Morgan fingerprint density at radius 3 is 2.38 bits per heavy atom. The summed E-state index contributed by atoms with van der Waals surface area (Å²) in [4.78, 5) is 24.8. The first kappa shape index (κ1) is 21.8. The van der Waals surface area contributed by atoms with Crippen LogP contribution >= 0.6 is 23.2 Å². The molecule has 9 heteroatoms. The van der Waals surface area contributed by atoms with E-state index in [1.807, 2.05) is 0 Å². The molecule has 2 aromatic carbocycles. The second kappa shape index (κ2) is 8.83. The number of hydrogen-bond acceptors (Lipinski definition) is 5. The molecule has 0 aromatic heterocycles. The van der Waals surface area contributed by atoms with Crippen molar-refractivity contribution in [3.05, 3.63) is 63.1 Å². The van der Waals surface area contributed by atoms with Crippen molar-refractivity contribution < 1.29 is 22.7 Å². The van der Waals surface area contributed by atoms with Crippen molar-refractivity contribution in [2.75, 3.05) is 19.7 Å². The average Bonchev–Trinajstić information content (AvgIpc) is 3.24. The highest BCUT2D eigenvalue weighted by Crippen LogP contribution is 2.24. The molecule has 0 spiro atoms. The third-order valence-corrected chi connectivity index (χ3v) is 7.34. The zero-order chi connectivity index (χ0) is 21.2. The Bertz CT molecular complexity index is 1060. The maximum absolute atomic E-state index is 12.7. The molecule has 6 nitrogen and oxygen atoms in total. The number of esters is 1. The third kappa shape index (κ3) is 4.80. The minimum absolute atomic E-state index is 0.0350. The molecule has 0 amide bonds. The number of benzene rings is 2. The van der Waals surface area contributed by atoms with Crippen LogP contribution in [0, 0.1) is 6.92 Å². The van der Waals surface area contributed by atoms with E-state index in [-0.39, 0.29) is 21.0 Å². The van der Waals surface area contributed by atoms with Gasteiger partial charge in [0.25, 0.3) is 0 Å². The van der Waals surface area contributed by atoms with E-state index in [1.54, 1.807) is 13.0 Å². The highest BCUT2D eigenvalue weighted by molar-refractivity contribution is 7.89. The summed E-state index contributed by atoms with van der Waals surface area (Å²) in [5.74, 6) is -1.22. The lowest BCUT2D eigenvalue weighted by atomic mass is 10.1. The van der Waals surface area contributed by atoms with Gasteiger partial charge in [-0.1, -0.05) is 29.3 Å². The van der Waals surface area contributed by atoms with Crippen LogP contribution < -0.4 is 0 Å². The summed E-state index contributed by atoms with van der Waals surface area (Å²) < 4.78 is 32.0. The number of nitrogens with zero attached hydrogens (tertiary/aromatic N) is 1. The number of ether oxygens (including phenoxy) is 1. The number of carbonyl (C=O) groups excluding carboxylic acids is 2. The van der Waals surface area contributed by atoms with Crippen molar-refractivity contribution in [3.63, 3.8) is 0 Å². The quantitative estimate of drug-likeness (QED) is 0.483. The molecule has 2 aromatic rings. The van der Waals surface area contributed by atoms with Gasteiger partial charge >= 0.3 is 5.97 Å². The molecule has 0 atom stereocenters. The van der Waals surface area contributed by atoms with Gasteiger partial charge in [0.05, 0.1) is 20.5 Å². The van der Waals surface area contributed by atoms with Gasteiger partial charge in [-0.2, -0.15) is 4.31 Å². The first-order valence-electron chi connectivity index (χ1n) is 8.96. The highest BCUT2D eigenvalue weighted by atomic mass is 35.5. The summed E-state index contributed by atoms with van der Waals surface area (Å²) in [6, 6.07) is 8.69. The Hall–Kier alpha value is -1.93. The van der Waals surface area contributed by atoms with Crippen molar-refractivity contribution >= 4 is 45.0 Å². The molecule has 1 aliphatic rings. The maximum atomic E-state index is 12.7. The van der Waals surface area contributed by atoms with Gasteiger partial charge in [0.15, 0.2) is 12.4 Å². The monoisotopic (exact) mass is 455 g/mol. The van der Waals surface area contributed by atoms with Gasteiger partial charge in [0.1, 0.15) is 0 Å². The highest BCUT2D eigenvalue weighted by Gasteiger charge is 2.28. The number of Topliss-reactive ketones (excluding diaryl/α,β-unsaturated/α-hetero) is 1. The molecule has 1 heterocycles. The molecule has 0 radical (unpaired) electrons.